The first kappa shape index (κ1) is 16.3. The molecule has 0 spiro atoms. The van der Waals surface area contributed by atoms with Gasteiger partial charge in [-0.05, 0) is 42.8 Å². The highest BCUT2D eigenvalue weighted by Gasteiger charge is 2.42. The van der Waals surface area contributed by atoms with Crippen LogP contribution in [0, 0.1) is 11.3 Å². The Balaban J connectivity index is 1.57. The van der Waals surface area contributed by atoms with Gasteiger partial charge in [-0.3, -0.25) is 0 Å². The Kier molecular flexibility index (Phi) is 3.94. The molecule has 2 aromatic carbocycles. The zero-order chi connectivity index (χ0) is 18.1. The Hall–Kier alpha value is -3.17. The van der Waals surface area contributed by atoms with E-state index in [0.29, 0.717) is 28.8 Å². The summed E-state index contributed by atoms with van der Waals surface area (Å²) in [5.74, 6) is 0.721. The first-order valence-corrected chi connectivity index (χ1v) is 8.31. The molecule has 0 amide bonds. The van der Waals surface area contributed by atoms with Crippen molar-refractivity contribution in [2.75, 3.05) is 0 Å². The third-order valence-corrected chi connectivity index (χ3v) is 4.39. The highest BCUT2D eigenvalue weighted by Crippen LogP contribution is 2.36. The lowest BCUT2D eigenvalue weighted by Crippen LogP contribution is -2.22. The molecule has 0 radical (unpaired) electrons. The number of hydrogen-bond acceptors (Lipinski definition) is 6. The van der Waals surface area contributed by atoms with E-state index in [2.05, 4.69) is 21.4 Å². The molecule has 1 aromatic heterocycles. The van der Waals surface area contributed by atoms with Gasteiger partial charge in [0.1, 0.15) is 0 Å². The van der Waals surface area contributed by atoms with Crippen LogP contribution >= 0.6 is 11.6 Å². The molecule has 2 heterocycles. The van der Waals surface area contributed by atoms with Gasteiger partial charge >= 0.3 is 0 Å². The van der Waals surface area contributed by atoms with E-state index in [9.17, 15) is 0 Å². The predicted molar refractivity (Wildman–Crippen MR) is 95.5 cm³/mol. The third kappa shape index (κ3) is 2.93. The summed E-state index contributed by atoms with van der Waals surface area (Å²) in [6.07, 6.45) is 0.482. The number of rotatable bonds is 3. The number of benzene rings is 2. The fraction of sp³-hybridized carbons (Fsp3) is 0.158. The highest BCUT2D eigenvalue weighted by molar-refractivity contribution is 6.30. The van der Waals surface area contributed by atoms with Crippen molar-refractivity contribution in [3.63, 3.8) is 0 Å². The van der Waals surface area contributed by atoms with E-state index in [1.165, 1.54) is 0 Å². The van der Waals surface area contributed by atoms with Crippen LogP contribution in [-0.4, -0.2) is 15.9 Å². The summed E-state index contributed by atoms with van der Waals surface area (Å²) in [7, 11) is 0. The first-order valence-electron chi connectivity index (χ1n) is 7.93. The standard InChI is InChI=1S/C19H13ClN4O2/c1-19(10-16(24-26-19)13-7-5-12(11-21)6-8-13)18-23-22-17(25-18)14-3-2-4-15(20)9-14/h2-9H,10H2,1H3. The summed E-state index contributed by atoms with van der Waals surface area (Å²) in [4.78, 5) is 5.62. The van der Waals surface area contributed by atoms with Gasteiger partial charge in [-0.25, -0.2) is 0 Å². The van der Waals surface area contributed by atoms with Gasteiger partial charge in [0, 0.05) is 17.0 Å². The zero-order valence-electron chi connectivity index (χ0n) is 13.8. The summed E-state index contributed by atoms with van der Waals surface area (Å²) < 4.78 is 5.81. The smallest absolute Gasteiger partial charge is 0.263 e. The molecule has 26 heavy (non-hydrogen) atoms. The molecule has 0 N–H and O–H groups in total. The monoisotopic (exact) mass is 364 g/mol. The minimum Gasteiger partial charge on any atom is -0.416 e. The van der Waals surface area contributed by atoms with Crippen molar-refractivity contribution >= 4 is 17.3 Å². The normalized spacial score (nSPS) is 18.9. The van der Waals surface area contributed by atoms with Crippen molar-refractivity contribution in [1.29, 1.82) is 5.26 Å². The van der Waals surface area contributed by atoms with E-state index in [4.69, 9.17) is 26.1 Å². The molecule has 0 fully saturated rings. The number of nitrogens with zero attached hydrogens (tertiary/aromatic N) is 4. The van der Waals surface area contributed by atoms with Gasteiger partial charge in [-0.15, -0.1) is 10.2 Å². The zero-order valence-corrected chi connectivity index (χ0v) is 14.6. The number of halogens is 1. The van der Waals surface area contributed by atoms with E-state index in [1.54, 1.807) is 24.3 Å². The predicted octanol–water partition coefficient (Wildman–Crippen LogP) is 4.30. The van der Waals surface area contributed by atoms with Gasteiger partial charge < -0.3 is 9.25 Å². The Bertz CT molecular complexity index is 1040. The molecule has 4 rings (SSSR count). The Morgan fingerprint density at radius 1 is 1.12 bits per heavy atom. The maximum Gasteiger partial charge on any atom is 0.263 e. The van der Waals surface area contributed by atoms with Crippen LogP contribution in [0.15, 0.2) is 58.1 Å². The summed E-state index contributed by atoms with van der Waals surface area (Å²) >= 11 is 6.01. The number of hydrogen-bond donors (Lipinski definition) is 0. The van der Waals surface area contributed by atoms with E-state index in [0.717, 1.165) is 16.8 Å². The average Bonchev–Trinajstić information content (AvgIpc) is 3.30. The molecule has 0 aliphatic carbocycles. The second kappa shape index (κ2) is 6.28. The quantitative estimate of drug-likeness (QED) is 0.691. The molecule has 3 aromatic rings. The molecule has 1 aliphatic rings. The van der Waals surface area contributed by atoms with Crippen LogP contribution in [0.5, 0.6) is 0 Å². The molecule has 0 saturated heterocycles. The van der Waals surface area contributed by atoms with Crippen LogP contribution in [0.4, 0.5) is 0 Å². The third-order valence-electron chi connectivity index (χ3n) is 4.16. The molecule has 7 heteroatoms. The van der Waals surface area contributed by atoms with Crippen LogP contribution in [-0.2, 0) is 10.4 Å². The number of nitriles is 1. The Labute approximate surface area is 154 Å². The van der Waals surface area contributed by atoms with Crippen molar-refractivity contribution in [2.45, 2.75) is 18.9 Å². The molecule has 0 bridgehead atoms. The molecule has 1 atom stereocenters. The number of aromatic nitrogens is 2. The van der Waals surface area contributed by atoms with Crippen molar-refractivity contribution in [1.82, 2.24) is 10.2 Å². The fourth-order valence-electron chi connectivity index (χ4n) is 2.72. The molecular formula is C19H13ClN4O2. The lowest BCUT2D eigenvalue weighted by Gasteiger charge is -2.15. The van der Waals surface area contributed by atoms with E-state index in [1.807, 2.05) is 31.2 Å². The van der Waals surface area contributed by atoms with Gasteiger partial charge in [0.15, 0.2) is 0 Å². The second-order valence-electron chi connectivity index (χ2n) is 6.15. The minimum atomic E-state index is -0.840. The fourth-order valence-corrected chi connectivity index (χ4v) is 2.91. The lowest BCUT2D eigenvalue weighted by atomic mass is 9.95. The average molecular weight is 365 g/mol. The molecule has 6 nitrogen and oxygen atoms in total. The van der Waals surface area contributed by atoms with Gasteiger partial charge in [-0.1, -0.05) is 35.0 Å². The first-order chi connectivity index (χ1) is 12.6. The summed E-state index contributed by atoms with van der Waals surface area (Å²) in [6, 6.07) is 16.5. The van der Waals surface area contributed by atoms with Crippen LogP contribution in [0.1, 0.15) is 30.4 Å². The SMILES string of the molecule is CC1(c2nnc(-c3cccc(Cl)c3)o2)CC(c2ccc(C#N)cc2)=NO1. The Morgan fingerprint density at radius 2 is 1.92 bits per heavy atom. The van der Waals surface area contributed by atoms with Crippen LogP contribution in [0.2, 0.25) is 5.02 Å². The van der Waals surface area contributed by atoms with Gasteiger partial charge in [0.2, 0.25) is 11.5 Å². The number of oxime groups is 1. The highest BCUT2D eigenvalue weighted by atomic mass is 35.5. The van der Waals surface area contributed by atoms with Gasteiger partial charge in [0.25, 0.3) is 5.89 Å². The maximum atomic E-state index is 8.90. The van der Waals surface area contributed by atoms with E-state index < -0.39 is 5.60 Å². The van der Waals surface area contributed by atoms with E-state index >= 15 is 0 Å². The summed E-state index contributed by atoms with van der Waals surface area (Å²) in [5.41, 5.74) is 2.15. The van der Waals surface area contributed by atoms with Crippen molar-refractivity contribution in [3.8, 4) is 17.5 Å². The summed E-state index contributed by atoms with van der Waals surface area (Å²) in [5, 5.41) is 21.9. The summed E-state index contributed by atoms with van der Waals surface area (Å²) in [6.45, 7) is 1.85. The van der Waals surface area contributed by atoms with Crippen molar-refractivity contribution in [3.05, 3.63) is 70.6 Å². The maximum absolute atomic E-state index is 8.90. The van der Waals surface area contributed by atoms with Gasteiger partial charge in [0.05, 0.1) is 17.3 Å². The van der Waals surface area contributed by atoms with E-state index in [-0.39, 0.29) is 0 Å². The molecule has 1 unspecified atom stereocenters. The molecular weight excluding hydrogens is 352 g/mol. The van der Waals surface area contributed by atoms with Crippen LogP contribution in [0.25, 0.3) is 11.5 Å². The largest absolute Gasteiger partial charge is 0.416 e. The minimum absolute atomic E-state index is 0.347. The molecule has 128 valence electrons. The Morgan fingerprint density at radius 3 is 2.65 bits per heavy atom. The van der Waals surface area contributed by atoms with Crippen molar-refractivity contribution < 1.29 is 9.25 Å². The topological polar surface area (TPSA) is 84.3 Å². The molecule has 1 aliphatic heterocycles. The van der Waals surface area contributed by atoms with Crippen LogP contribution < -0.4 is 0 Å². The lowest BCUT2D eigenvalue weighted by molar-refractivity contribution is -0.0276. The second-order valence-corrected chi connectivity index (χ2v) is 6.59. The van der Waals surface area contributed by atoms with Gasteiger partial charge in [-0.2, -0.15) is 5.26 Å². The van der Waals surface area contributed by atoms with Crippen LogP contribution in [0.3, 0.4) is 0 Å². The molecule has 0 saturated carbocycles. The van der Waals surface area contributed by atoms with Crippen molar-refractivity contribution in [2.24, 2.45) is 5.16 Å².